The molecule has 1 fully saturated rings. The minimum atomic E-state index is 0.0738. The molecule has 6 nitrogen and oxygen atoms in total. The minimum Gasteiger partial charge on any atom is -0.334 e. The fourth-order valence-corrected chi connectivity index (χ4v) is 5.77. The lowest BCUT2D eigenvalue weighted by Crippen LogP contribution is -2.38. The smallest absolute Gasteiger partial charge is 0.329 e. The summed E-state index contributed by atoms with van der Waals surface area (Å²) in [4.78, 5) is 30.3. The number of hydrogen-bond donors (Lipinski definition) is 0. The first-order valence-electron chi connectivity index (χ1n) is 12.5. The van der Waals surface area contributed by atoms with Crippen molar-refractivity contribution in [2.45, 2.75) is 58.7 Å². The lowest BCUT2D eigenvalue weighted by atomic mass is 10.0. The highest BCUT2D eigenvalue weighted by Gasteiger charge is 2.27. The van der Waals surface area contributed by atoms with E-state index in [4.69, 9.17) is 11.6 Å². The van der Waals surface area contributed by atoms with Gasteiger partial charge in [-0.3, -0.25) is 13.9 Å². The maximum absolute atomic E-state index is 13.1. The number of amides is 1. The fraction of sp³-hybridized carbons (Fsp3) is 0.481. The van der Waals surface area contributed by atoms with E-state index < -0.39 is 0 Å². The minimum absolute atomic E-state index is 0.0738. The van der Waals surface area contributed by atoms with E-state index in [1.54, 1.807) is 0 Å². The average molecular weight is 481 g/mol. The van der Waals surface area contributed by atoms with Gasteiger partial charge in [-0.05, 0) is 75.9 Å². The Morgan fingerprint density at radius 3 is 2.50 bits per heavy atom. The van der Waals surface area contributed by atoms with Gasteiger partial charge in [0.05, 0.1) is 11.0 Å². The van der Waals surface area contributed by atoms with E-state index >= 15 is 0 Å². The summed E-state index contributed by atoms with van der Waals surface area (Å²) in [7, 11) is 0. The number of halogens is 1. The number of benzene rings is 2. The summed E-state index contributed by atoms with van der Waals surface area (Å²) in [5.74, 6) is 0.178. The molecule has 3 heterocycles. The van der Waals surface area contributed by atoms with Crippen LogP contribution in [0.15, 0.2) is 41.2 Å². The Bertz CT molecular complexity index is 1270. The molecule has 0 unspecified atom stereocenters. The molecule has 0 spiro atoms. The molecule has 0 radical (unpaired) electrons. The van der Waals surface area contributed by atoms with Gasteiger partial charge < -0.3 is 9.80 Å². The first-order chi connectivity index (χ1) is 16.5. The van der Waals surface area contributed by atoms with Gasteiger partial charge in [0.1, 0.15) is 0 Å². The molecule has 2 aliphatic heterocycles. The van der Waals surface area contributed by atoms with Crippen LogP contribution in [0.1, 0.15) is 60.1 Å². The van der Waals surface area contributed by atoms with E-state index in [1.165, 1.54) is 0 Å². The van der Waals surface area contributed by atoms with Crippen molar-refractivity contribution in [2.75, 3.05) is 26.2 Å². The fourth-order valence-electron chi connectivity index (χ4n) is 5.61. The van der Waals surface area contributed by atoms with Gasteiger partial charge in [0.25, 0.3) is 5.91 Å². The van der Waals surface area contributed by atoms with Gasteiger partial charge in [-0.2, -0.15) is 0 Å². The Labute approximate surface area is 205 Å². The van der Waals surface area contributed by atoms with E-state index in [0.717, 1.165) is 86.1 Å². The quantitative estimate of drug-likeness (QED) is 0.454. The summed E-state index contributed by atoms with van der Waals surface area (Å²) in [6.45, 7) is 9.28. The van der Waals surface area contributed by atoms with Crippen LogP contribution in [0.2, 0.25) is 5.02 Å². The van der Waals surface area contributed by atoms with Crippen molar-refractivity contribution in [1.29, 1.82) is 0 Å². The Balaban J connectivity index is 1.13. The molecule has 1 amide bonds. The average Bonchev–Trinajstić information content (AvgIpc) is 3.29. The molecule has 0 aliphatic carbocycles. The van der Waals surface area contributed by atoms with Crippen molar-refractivity contribution in [3.63, 3.8) is 0 Å². The van der Waals surface area contributed by atoms with Gasteiger partial charge >= 0.3 is 5.69 Å². The highest BCUT2D eigenvalue weighted by molar-refractivity contribution is 6.31. The number of carbonyl (C=O) groups is 1. The van der Waals surface area contributed by atoms with Gasteiger partial charge in [0.15, 0.2) is 0 Å². The lowest BCUT2D eigenvalue weighted by Gasteiger charge is -2.32. The van der Waals surface area contributed by atoms with E-state index in [1.807, 2.05) is 52.1 Å². The van der Waals surface area contributed by atoms with Crippen LogP contribution in [-0.4, -0.2) is 51.0 Å². The molecule has 2 aliphatic rings. The largest absolute Gasteiger partial charge is 0.334 e. The third-order valence-electron chi connectivity index (χ3n) is 7.46. The molecule has 2 aromatic carbocycles. The number of nitrogens with zero attached hydrogens (tertiary/aromatic N) is 4. The molecule has 5 rings (SSSR count). The number of imidazole rings is 1. The normalized spacial score (nSPS) is 17.1. The van der Waals surface area contributed by atoms with Gasteiger partial charge in [-0.1, -0.05) is 29.3 Å². The Morgan fingerprint density at radius 1 is 0.971 bits per heavy atom. The molecule has 1 saturated heterocycles. The second kappa shape index (κ2) is 9.59. The predicted octanol–water partition coefficient (Wildman–Crippen LogP) is 4.86. The second-order valence-electron chi connectivity index (χ2n) is 9.70. The topological polar surface area (TPSA) is 50.5 Å². The van der Waals surface area contributed by atoms with Crippen LogP contribution in [0.25, 0.3) is 11.0 Å². The van der Waals surface area contributed by atoms with E-state index in [0.29, 0.717) is 11.6 Å². The summed E-state index contributed by atoms with van der Waals surface area (Å²) in [6.07, 6.45) is 4.05. The van der Waals surface area contributed by atoms with Crippen LogP contribution >= 0.6 is 11.6 Å². The summed E-state index contributed by atoms with van der Waals surface area (Å²) < 4.78 is 3.82. The first kappa shape index (κ1) is 23.2. The SMILES string of the molecule is CCn1c(=O)n(C2CCN(CCCCN3Cc4ccc(C)cc4C3=O)CC2)c2ccc(Cl)cc21. The Hall–Kier alpha value is -2.57. The Morgan fingerprint density at radius 2 is 1.74 bits per heavy atom. The molecule has 0 atom stereocenters. The van der Waals surface area contributed by atoms with Crippen molar-refractivity contribution in [1.82, 2.24) is 18.9 Å². The van der Waals surface area contributed by atoms with Gasteiger partial charge in [0, 0.05) is 49.4 Å². The molecule has 180 valence electrons. The molecule has 0 N–H and O–H groups in total. The molecule has 34 heavy (non-hydrogen) atoms. The van der Waals surface area contributed by atoms with E-state index in [-0.39, 0.29) is 17.6 Å². The maximum Gasteiger partial charge on any atom is 0.329 e. The van der Waals surface area contributed by atoms with Crippen LogP contribution in [0.3, 0.4) is 0 Å². The van der Waals surface area contributed by atoms with Crippen LogP contribution in [0.4, 0.5) is 0 Å². The second-order valence-corrected chi connectivity index (χ2v) is 10.1. The molecule has 1 aromatic heterocycles. The molecular weight excluding hydrogens is 448 g/mol. The standard InChI is InChI=1S/C27H33ClN4O2/c1-3-31-25-17-21(28)8-9-24(25)32(27(31)34)22-10-14-29(15-11-22)12-4-5-13-30-18-20-7-6-19(2)16-23(20)26(30)33/h6-9,16-17,22H,3-5,10-15,18H2,1-2H3. The van der Waals surface area contributed by atoms with E-state index in [2.05, 4.69) is 17.0 Å². The zero-order valence-corrected chi connectivity index (χ0v) is 20.9. The lowest BCUT2D eigenvalue weighted by molar-refractivity contribution is 0.0773. The number of piperidine rings is 1. The van der Waals surface area contributed by atoms with Crippen molar-refractivity contribution in [3.8, 4) is 0 Å². The molecule has 7 heteroatoms. The van der Waals surface area contributed by atoms with Crippen molar-refractivity contribution < 1.29 is 4.79 Å². The number of aryl methyl sites for hydroxylation is 2. The third-order valence-corrected chi connectivity index (χ3v) is 7.69. The van der Waals surface area contributed by atoms with E-state index in [9.17, 15) is 9.59 Å². The maximum atomic E-state index is 13.1. The van der Waals surface area contributed by atoms with Crippen LogP contribution in [0, 0.1) is 6.92 Å². The number of rotatable bonds is 7. The predicted molar refractivity (Wildman–Crippen MR) is 137 cm³/mol. The monoisotopic (exact) mass is 480 g/mol. The molecule has 0 bridgehead atoms. The van der Waals surface area contributed by atoms with Crippen LogP contribution < -0.4 is 5.69 Å². The third kappa shape index (κ3) is 4.29. The van der Waals surface area contributed by atoms with Crippen LogP contribution in [0.5, 0.6) is 0 Å². The molecule has 0 saturated carbocycles. The number of aromatic nitrogens is 2. The van der Waals surface area contributed by atoms with Gasteiger partial charge in [-0.25, -0.2) is 4.79 Å². The van der Waals surface area contributed by atoms with Gasteiger partial charge in [-0.15, -0.1) is 0 Å². The summed E-state index contributed by atoms with van der Waals surface area (Å²) in [5, 5.41) is 0.663. The number of fused-ring (bicyclic) bond motifs is 2. The number of unbranched alkanes of at least 4 members (excludes halogenated alkanes) is 1. The highest BCUT2D eigenvalue weighted by Crippen LogP contribution is 2.28. The van der Waals surface area contributed by atoms with Crippen molar-refractivity contribution >= 4 is 28.5 Å². The molecular formula is C27H33ClN4O2. The summed E-state index contributed by atoms with van der Waals surface area (Å²) in [6, 6.07) is 12.2. The highest BCUT2D eigenvalue weighted by atomic mass is 35.5. The van der Waals surface area contributed by atoms with Crippen molar-refractivity contribution in [3.05, 3.63) is 68.6 Å². The first-order valence-corrected chi connectivity index (χ1v) is 12.9. The summed E-state index contributed by atoms with van der Waals surface area (Å²) >= 11 is 6.20. The zero-order valence-electron chi connectivity index (χ0n) is 20.1. The number of likely N-dealkylation sites (tertiary alicyclic amines) is 1. The number of carbonyl (C=O) groups excluding carboxylic acids is 1. The Kier molecular flexibility index (Phi) is 6.54. The van der Waals surface area contributed by atoms with Crippen molar-refractivity contribution in [2.24, 2.45) is 0 Å². The van der Waals surface area contributed by atoms with Crippen LogP contribution in [-0.2, 0) is 13.1 Å². The zero-order chi connectivity index (χ0) is 23.8. The molecule has 3 aromatic rings. The van der Waals surface area contributed by atoms with Gasteiger partial charge in [0.2, 0.25) is 0 Å². The summed E-state index contributed by atoms with van der Waals surface area (Å²) in [5.41, 5.74) is 5.16. The number of hydrogen-bond acceptors (Lipinski definition) is 3.